The molecule has 0 fully saturated rings. The minimum atomic E-state index is -0.157. The van der Waals surface area contributed by atoms with Crippen molar-refractivity contribution in [1.82, 2.24) is 5.32 Å². The summed E-state index contributed by atoms with van der Waals surface area (Å²) in [5, 5.41) is 5.98. The van der Waals surface area contributed by atoms with Crippen LogP contribution in [0.15, 0.2) is 16.6 Å². The maximum absolute atomic E-state index is 11.4. The van der Waals surface area contributed by atoms with E-state index in [1.165, 1.54) is 7.11 Å². The topological polar surface area (TPSA) is 50.4 Å². The summed E-state index contributed by atoms with van der Waals surface area (Å²) >= 11 is 9.20. The summed E-state index contributed by atoms with van der Waals surface area (Å²) in [7, 11) is 3.23. The Kier molecular flexibility index (Phi) is 5.05. The number of benzene rings is 1. The zero-order valence-electron chi connectivity index (χ0n) is 8.93. The van der Waals surface area contributed by atoms with Gasteiger partial charge in [0.15, 0.2) is 5.75 Å². The summed E-state index contributed by atoms with van der Waals surface area (Å²) in [6, 6.07) is 3.34. The van der Waals surface area contributed by atoms with Crippen molar-refractivity contribution in [3.63, 3.8) is 0 Å². The van der Waals surface area contributed by atoms with Gasteiger partial charge in [0.2, 0.25) is 5.91 Å². The van der Waals surface area contributed by atoms with Crippen molar-refractivity contribution in [1.29, 1.82) is 0 Å². The maximum atomic E-state index is 11.4. The van der Waals surface area contributed by atoms with E-state index in [0.717, 1.165) is 0 Å². The van der Waals surface area contributed by atoms with Crippen molar-refractivity contribution in [3.05, 3.63) is 21.6 Å². The number of carbonyl (C=O) groups excluding carboxylic acids is 1. The van der Waals surface area contributed by atoms with Crippen molar-refractivity contribution in [3.8, 4) is 5.75 Å². The number of likely N-dealkylation sites (N-methyl/N-ethyl adjacent to an activating group) is 1. The van der Waals surface area contributed by atoms with Gasteiger partial charge in [-0.25, -0.2) is 0 Å². The SMILES string of the molecule is CNCC(=O)Nc1cc(Cl)cc(Br)c1OC. The standard InChI is InChI=1S/C10H12BrClN2O2/c1-13-5-9(15)14-8-4-6(12)3-7(11)10(8)16-2/h3-4,13H,5H2,1-2H3,(H,14,15). The van der Waals surface area contributed by atoms with Gasteiger partial charge in [0.05, 0.1) is 23.8 Å². The molecule has 0 radical (unpaired) electrons. The molecule has 0 bridgehead atoms. The fourth-order valence-electron chi connectivity index (χ4n) is 1.22. The second-order valence-corrected chi connectivity index (χ2v) is 4.34. The molecule has 1 aromatic carbocycles. The summed E-state index contributed by atoms with van der Waals surface area (Å²) in [6.07, 6.45) is 0. The van der Waals surface area contributed by atoms with Crippen molar-refractivity contribution >= 4 is 39.1 Å². The molecule has 4 nitrogen and oxygen atoms in total. The first kappa shape index (κ1) is 13.3. The van der Waals surface area contributed by atoms with Crippen LogP contribution in [0.1, 0.15) is 0 Å². The number of methoxy groups -OCH3 is 1. The number of hydrogen-bond acceptors (Lipinski definition) is 3. The third-order valence-electron chi connectivity index (χ3n) is 1.82. The maximum Gasteiger partial charge on any atom is 0.238 e. The number of nitrogens with one attached hydrogen (secondary N) is 2. The van der Waals surface area contributed by atoms with Gasteiger partial charge in [-0.05, 0) is 35.1 Å². The molecule has 0 atom stereocenters. The molecule has 1 rings (SSSR count). The third kappa shape index (κ3) is 3.37. The lowest BCUT2D eigenvalue weighted by Crippen LogP contribution is -2.25. The molecule has 0 saturated carbocycles. The second kappa shape index (κ2) is 6.08. The van der Waals surface area contributed by atoms with Crippen LogP contribution in [0.25, 0.3) is 0 Å². The van der Waals surface area contributed by atoms with E-state index in [2.05, 4.69) is 26.6 Å². The predicted molar refractivity (Wildman–Crippen MR) is 68.3 cm³/mol. The van der Waals surface area contributed by atoms with Gasteiger partial charge in [-0.3, -0.25) is 4.79 Å². The number of amides is 1. The molecule has 0 saturated heterocycles. The van der Waals surface area contributed by atoms with Crippen LogP contribution < -0.4 is 15.4 Å². The Hall–Kier alpha value is -0.780. The Morgan fingerprint density at radius 1 is 1.56 bits per heavy atom. The monoisotopic (exact) mass is 306 g/mol. The Bertz CT molecular complexity index is 399. The molecule has 88 valence electrons. The highest BCUT2D eigenvalue weighted by molar-refractivity contribution is 9.10. The molecule has 0 aromatic heterocycles. The minimum absolute atomic E-state index is 0.157. The molecular formula is C10H12BrClN2O2. The molecule has 1 amide bonds. The van der Waals surface area contributed by atoms with Crippen molar-refractivity contribution in [2.45, 2.75) is 0 Å². The van der Waals surface area contributed by atoms with Crippen LogP contribution in [0.2, 0.25) is 5.02 Å². The van der Waals surface area contributed by atoms with Crippen LogP contribution in [0.3, 0.4) is 0 Å². The molecule has 0 aliphatic carbocycles. The summed E-state index contributed by atoms with van der Waals surface area (Å²) in [4.78, 5) is 11.4. The summed E-state index contributed by atoms with van der Waals surface area (Å²) in [5.41, 5.74) is 0.544. The van der Waals surface area contributed by atoms with E-state index < -0.39 is 0 Å². The van der Waals surface area contributed by atoms with Crippen LogP contribution in [0, 0.1) is 0 Å². The fraction of sp³-hybridized carbons (Fsp3) is 0.300. The van der Waals surface area contributed by atoms with Gasteiger partial charge in [-0.2, -0.15) is 0 Å². The molecule has 0 unspecified atom stereocenters. The van der Waals surface area contributed by atoms with E-state index in [1.807, 2.05) is 0 Å². The van der Waals surface area contributed by atoms with Gasteiger partial charge < -0.3 is 15.4 Å². The van der Waals surface area contributed by atoms with Crippen LogP contribution >= 0.6 is 27.5 Å². The number of rotatable bonds is 4. The molecule has 6 heteroatoms. The summed E-state index contributed by atoms with van der Waals surface area (Å²) < 4.78 is 5.87. The Balaban J connectivity index is 2.97. The number of anilines is 1. The molecule has 2 N–H and O–H groups in total. The second-order valence-electron chi connectivity index (χ2n) is 3.05. The first-order chi connectivity index (χ1) is 7.58. The quantitative estimate of drug-likeness (QED) is 0.897. The Labute approximate surface area is 107 Å². The van der Waals surface area contributed by atoms with Crippen molar-refractivity contribution in [2.24, 2.45) is 0 Å². The number of ether oxygens (including phenoxy) is 1. The normalized spacial score (nSPS) is 10.0. The highest BCUT2D eigenvalue weighted by Gasteiger charge is 2.11. The van der Waals surface area contributed by atoms with Crippen LogP contribution in [-0.4, -0.2) is 26.6 Å². The van der Waals surface area contributed by atoms with E-state index in [1.54, 1.807) is 19.2 Å². The van der Waals surface area contributed by atoms with Gasteiger partial charge >= 0.3 is 0 Å². The van der Waals surface area contributed by atoms with E-state index in [0.29, 0.717) is 20.9 Å². The molecule has 16 heavy (non-hydrogen) atoms. The summed E-state index contributed by atoms with van der Waals surface area (Å²) in [5.74, 6) is 0.392. The largest absolute Gasteiger partial charge is 0.493 e. The zero-order chi connectivity index (χ0) is 12.1. The van der Waals surface area contributed by atoms with Crippen LogP contribution in [0.4, 0.5) is 5.69 Å². The van der Waals surface area contributed by atoms with Gasteiger partial charge in [-0.15, -0.1) is 0 Å². The smallest absolute Gasteiger partial charge is 0.238 e. The highest BCUT2D eigenvalue weighted by Crippen LogP contribution is 2.36. The average molecular weight is 308 g/mol. The zero-order valence-corrected chi connectivity index (χ0v) is 11.3. The third-order valence-corrected chi connectivity index (χ3v) is 2.63. The van der Waals surface area contributed by atoms with Crippen LogP contribution in [-0.2, 0) is 4.79 Å². The van der Waals surface area contributed by atoms with Gasteiger partial charge in [0.1, 0.15) is 0 Å². The Morgan fingerprint density at radius 2 is 2.25 bits per heavy atom. The van der Waals surface area contributed by atoms with Crippen LogP contribution in [0.5, 0.6) is 5.75 Å². The molecular weight excluding hydrogens is 295 g/mol. The first-order valence-electron chi connectivity index (χ1n) is 4.56. The number of hydrogen-bond donors (Lipinski definition) is 2. The van der Waals surface area contributed by atoms with Gasteiger partial charge in [0, 0.05) is 5.02 Å². The lowest BCUT2D eigenvalue weighted by atomic mass is 10.3. The molecule has 0 heterocycles. The van der Waals surface area contributed by atoms with E-state index in [9.17, 15) is 4.79 Å². The molecule has 0 aliphatic rings. The van der Waals surface area contributed by atoms with Crippen molar-refractivity contribution < 1.29 is 9.53 Å². The van der Waals surface area contributed by atoms with E-state index in [4.69, 9.17) is 16.3 Å². The molecule has 1 aromatic rings. The minimum Gasteiger partial charge on any atom is -0.493 e. The highest BCUT2D eigenvalue weighted by atomic mass is 79.9. The van der Waals surface area contributed by atoms with Gasteiger partial charge in [-0.1, -0.05) is 11.6 Å². The predicted octanol–water partition coefficient (Wildman–Crippen LogP) is 2.27. The van der Waals surface area contributed by atoms with E-state index in [-0.39, 0.29) is 12.5 Å². The van der Waals surface area contributed by atoms with E-state index >= 15 is 0 Å². The lowest BCUT2D eigenvalue weighted by molar-refractivity contribution is -0.115. The summed E-state index contributed by atoms with van der Waals surface area (Å²) in [6.45, 7) is 0.229. The number of halogens is 2. The van der Waals surface area contributed by atoms with Gasteiger partial charge in [0.25, 0.3) is 0 Å². The lowest BCUT2D eigenvalue weighted by Gasteiger charge is -2.12. The molecule has 0 spiro atoms. The number of carbonyl (C=O) groups is 1. The fourth-order valence-corrected chi connectivity index (χ4v) is 2.19. The van der Waals surface area contributed by atoms with Crippen molar-refractivity contribution in [2.75, 3.05) is 26.0 Å². The first-order valence-corrected chi connectivity index (χ1v) is 5.73. The average Bonchev–Trinajstić information content (AvgIpc) is 2.17. The Morgan fingerprint density at radius 3 is 2.81 bits per heavy atom. The molecule has 0 aliphatic heterocycles.